The molecule has 0 unspecified atom stereocenters. The third kappa shape index (κ3) is 4.20. The van der Waals surface area contributed by atoms with Crippen molar-refractivity contribution < 1.29 is 14.6 Å². The Morgan fingerprint density at radius 2 is 2.35 bits per heavy atom. The number of hydrogen-bond acceptors (Lipinski definition) is 4. The van der Waals surface area contributed by atoms with Gasteiger partial charge in [0.15, 0.2) is 0 Å². The maximum atomic E-state index is 10.8. The van der Waals surface area contributed by atoms with E-state index >= 15 is 0 Å². The summed E-state index contributed by atoms with van der Waals surface area (Å²) in [4.78, 5) is 14.8. The molecule has 6 heteroatoms. The van der Waals surface area contributed by atoms with Crippen LogP contribution in [0.1, 0.15) is 24.2 Å². The lowest BCUT2D eigenvalue weighted by molar-refractivity contribution is 0.0697. The van der Waals surface area contributed by atoms with E-state index in [0.29, 0.717) is 19.0 Å². The zero-order valence-electron chi connectivity index (χ0n) is 9.74. The van der Waals surface area contributed by atoms with Gasteiger partial charge in [-0.3, -0.25) is 0 Å². The van der Waals surface area contributed by atoms with E-state index in [1.165, 1.54) is 12.3 Å². The van der Waals surface area contributed by atoms with Crippen molar-refractivity contribution in [2.45, 2.75) is 20.0 Å². The van der Waals surface area contributed by atoms with Gasteiger partial charge in [0.2, 0.25) is 0 Å². The lowest BCUT2D eigenvalue weighted by atomic mass is 10.2. The lowest BCUT2D eigenvalue weighted by Crippen LogP contribution is -2.14. The smallest absolute Gasteiger partial charge is 0.337 e. The number of rotatable bonds is 6. The summed E-state index contributed by atoms with van der Waals surface area (Å²) in [5.41, 5.74) is 0.0361. The Balaban J connectivity index is 2.59. The van der Waals surface area contributed by atoms with Crippen LogP contribution in [0.4, 0.5) is 5.82 Å². The zero-order valence-corrected chi connectivity index (χ0v) is 10.5. The molecule has 0 aliphatic rings. The second-order valence-corrected chi connectivity index (χ2v) is 4.05. The number of nitrogens with zero attached hydrogens (tertiary/aromatic N) is 1. The lowest BCUT2D eigenvalue weighted by Gasteiger charge is -2.10. The summed E-state index contributed by atoms with van der Waals surface area (Å²) in [5, 5.41) is 11.9. The van der Waals surface area contributed by atoms with Gasteiger partial charge in [0.1, 0.15) is 5.82 Å². The SMILES string of the molecule is CC(C)OCCNc1nccc(C(=O)O)c1Cl. The van der Waals surface area contributed by atoms with Crippen molar-refractivity contribution >= 4 is 23.4 Å². The molecule has 17 heavy (non-hydrogen) atoms. The van der Waals surface area contributed by atoms with Crippen molar-refractivity contribution in [3.63, 3.8) is 0 Å². The molecule has 0 aliphatic heterocycles. The third-order valence-corrected chi connectivity index (χ3v) is 2.35. The molecule has 0 atom stereocenters. The largest absolute Gasteiger partial charge is 0.478 e. The van der Waals surface area contributed by atoms with Crippen LogP contribution in [-0.4, -0.2) is 35.3 Å². The van der Waals surface area contributed by atoms with Gasteiger partial charge >= 0.3 is 5.97 Å². The molecule has 0 aliphatic carbocycles. The number of carboxylic acid groups (broad SMARTS) is 1. The number of aromatic nitrogens is 1. The van der Waals surface area contributed by atoms with E-state index in [4.69, 9.17) is 21.4 Å². The molecule has 2 N–H and O–H groups in total. The molecule has 5 nitrogen and oxygen atoms in total. The molecule has 0 saturated heterocycles. The standard InChI is InChI=1S/C11H15ClN2O3/c1-7(2)17-6-5-14-10-9(12)8(11(15)16)3-4-13-10/h3-4,7H,5-6H2,1-2H3,(H,13,14)(H,15,16). The highest BCUT2D eigenvalue weighted by atomic mass is 35.5. The van der Waals surface area contributed by atoms with Crippen LogP contribution in [0.15, 0.2) is 12.3 Å². The zero-order chi connectivity index (χ0) is 12.8. The van der Waals surface area contributed by atoms with Crippen LogP contribution in [0, 0.1) is 0 Å². The molecule has 0 fully saturated rings. The van der Waals surface area contributed by atoms with E-state index < -0.39 is 5.97 Å². The predicted molar refractivity (Wildman–Crippen MR) is 65.8 cm³/mol. The summed E-state index contributed by atoms with van der Waals surface area (Å²) in [5.74, 6) is -0.710. The molecular formula is C11H15ClN2O3. The Kier molecular flexibility index (Phi) is 5.18. The minimum Gasteiger partial charge on any atom is -0.478 e. The number of pyridine rings is 1. The van der Waals surface area contributed by atoms with Crippen LogP contribution in [-0.2, 0) is 4.74 Å². The van der Waals surface area contributed by atoms with Gasteiger partial charge in [-0.2, -0.15) is 0 Å². The summed E-state index contributed by atoms with van der Waals surface area (Å²) in [6.07, 6.45) is 1.56. The fraction of sp³-hybridized carbons (Fsp3) is 0.455. The Morgan fingerprint density at radius 1 is 1.65 bits per heavy atom. The fourth-order valence-corrected chi connectivity index (χ4v) is 1.46. The first kappa shape index (κ1) is 13.7. The normalized spacial score (nSPS) is 10.6. The van der Waals surface area contributed by atoms with Gasteiger partial charge in [0.25, 0.3) is 0 Å². The molecule has 1 aromatic heterocycles. The van der Waals surface area contributed by atoms with Gasteiger partial charge in [-0.25, -0.2) is 9.78 Å². The molecule has 0 spiro atoms. The van der Waals surface area contributed by atoms with Crippen molar-refractivity contribution in [3.8, 4) is 0 Å². The van der Waals surface area contributed by atoms with E-state index in [1.807, 2.05) is 13.8 Å². The van der Waals surface area contributed by atoms with Gasteiger partial charge in [0.05, 0.1) is 23.3 Å². The first-order valence-electron chi connectivity index (χ1n) is 5.25. The number of hydrogen-bond donors (Lipinski definition) is 2. The number of aromatic carboxylic acids is 1. The average molecular weight is 259 g/mol. The highest BCUT2D eigenvalue weighted by Crippen LogP contribution is 2.23. The second-order valence-electron chi connectivity index (χ2n) is 3.67. The van der Waals surface area contributed by atoms with Crippen LogP contribution in [0.25, 0.3) is 0 Å². The Bertz CT molecular complexity index is 396. The number of ether oxygens (including phenoxy) is 1. The van der Waals surface area contributed by atoms with Crippen molar-refractivity contribution in [3.05, 3.63) is 22.8 Å². The number of carbonyl (C=O) groups is 1. The fourth-order valence-electron chi connectivity index (χ4n) is 1.20. The van der Waals surface area contributed by atoms with E-state index in [-0.39, 0.29) is 16.7 Å². The van der Waals surface area contributed by atoms with Crippen LogP contribution in [0.2, 0.25) is 5.02 Å². The second kappa shape index (κ2) is 6.42. The van der Waals surface area contributed by atoms with Gasteiger partial charge in [-0.1, -0.05) is 11.6 Å². The molecule has 0 aromatic carbocycles. The van der Waals surface area contributed by atoms with Crippen LogP contribution < -0.4 is 5.32 Å². The van der Waals surface area contributed by atoms with Crippen molar-refractivity contribution in [1.29, 1.82) is 0 Å². The van der Waals surface area contributed by atoms with Crippen molar-refractivity contribution in [1.82, 2.24) is 4.98 Å². The Labute approximate surface area is 105 Å². The molecule has 1 aromatic rings. The minimum atomic E-state index is -1.07. The van der Waals surface area contributed by atoms with E-state index in [2.05, 4.69) is 10.3 Å². The topological polar surface area (TPSA) is 71.5 Å². The van der Waals surface area contributed by atoms with Gasteiger partial charge in [-0.05, 0) is 19.9 Å². The van der Waals surface area contributed by atoms with E-state index in [9.17, 15) is 4.79 Å². The predicted octanol–water partition coefficient (Wildman–Crippen LogP) is 2.27. The van der Waals surface area contributed by atoms with Crippen LogP contribution >= 0.6 is 11.6 Å². The van der Waals surface area contributed by atoms with Gasteiger partial charge < -0.3 is 15.2 Å². The summed E-state index contributed by atoms with van der Waals surface area (Å²) in [6, 6.07) is 1.36. The molecular weight excluding hydrogens is 244 g/mol. The van der Waals surface area contributed by atoms with Crippen LogP contribution in [0.5, 0.6) is 0 Å². The Hall–Kier alpha value is -1.33. The number of halogens is 1. The Morgan fingerprint density at radius 3 is 2.94 bits per heavy atom. The quantitative estimate of drug-likeness (QED) is 0.766. The number of carboxylic acids is 1. The molecule has 0 bridgehead atoms. The number of anilines is 1. The highest BCUT2D eigenvalue weighted by molar-refractivity contribution is 6.35. The number of nitrogens with one attached hydrogen (secondary N) is 1. The first-order chi connectivity index (χ1) is 8.02. The van der Waals surface area contributed by atoms with Crippen LogP contribution in [0.3, 0.4) is 0 Å². The maximum Gasteiger partial charge on any atom is 0.337 e. The molecule has 1 heterocycles. The molecule has 0 saturated carbocycles. The molecule has 94 valence electrons. The van der Waals surface area contributed by atoms with Gasteiger partial charge in [-0.15, -0.1) is 0 Å². The summed E-state index contributed by atoms with van der Waals surface area (Å²) in [6.45, 7) is 4.91. The molecule has 1 rings (SSSR count). The average Bonchev–Trinajstić information content (AvgIpc) is 2.25. The molecule has 0 radical (unpaired) electrons. The van der Waals surface area contributed by atoms with Gasteiger partial charge in [0, 0.05) is 12.7 Å². The van der Waals surface area contributed by atoms with Crippen molar-refractivity contribution in [2.75, 3.05) is 18.5 Å². The van der Waals surface area contributed by atoms with E-state index in [1.54, 1.807) is 0 Å². The third-order valence-electron chi connectivity index (χ3n) is 1.97. The molecule has 0 amide bonds. The van der Waals surface area contributed by atoms with E-state index in [0.717, 1.165) is 0 Å². The first-order valence-corrected chi connectivity index (χ1v) is 5.63. The summed E-state index contributed by atoms with van der Waals surface area (Å²) < 4.78 is 5.33. The summed E-state index contributed by atoms with van der Waals surface area (Å²) >= 11 is 5.90. The summed E-state index contributed by atoms with van der Waals surface area (Å²) in [7, 11) is 0. The minimum absolute atomic E-state index is 0.0361. The maximum absolute atomic E-state index is 10.8. The monoisotopic (exact) mass is 258 g/mol. The van der Waals surface area contributed by atoms with Crippen molar-refractivity contribution in [2.24, 2.45) is 0 Å². The highest BCUT2D eigenvalue weighted by Gasteiger charge is 2.12.